The van der Waals surface area contributed by atoms with Crippen molar-refractivity contribution in [1.82, 2.24) is 9.55 Å². The number of imidazole rings is 1. The third-order valence-corrected chi connectivity index (χ3v) is 5.15. The van der Waals surface area contributed by atoms with E-state index in [4.69, 9.17) is 12.2 Å². The molecule has 0 unspecified atom stereocenters. The van der Waals surface area contributed by atoms with Gasteiger partial charge in [0.1, 0.15) is 0 Å². The number of H-pyrrole nitrogens is 1. The molecule has 0 aliphatic heterocycles. The number of nitrogens with one attached hydrogen (secondary N) is 1. The molecule has 3 aromatic rings. The zero-order valence-corrected chi connectivity index (χ0v) is 13.7. The molecule has 5 heteroatoms. The molecular weight excluding hydrogens is 340 g/mol. The highest BCUT2D eigenvalue weighted by Gasteiger charge is 2.05. The molecule has 1 N–H and O–H groups in total. The highest BCUT2D eigenvalue weighted by molar-refractivity contribution is 9.11. The van der Waals surface area contributed by atoms with Crippen LogP contribution in [0, 0.1) is 11.7 Å². The first-order valence-electron chi connectivity index (χ1n) is 6.07. The molecule has 0 bridgehead atoms. The lowest BCUT2D eigenvalue weighted by Crippen LogP contribution is -2.00. The standard InChI is InChI=1S/C14H13BrN2S2/c1-9-2-4-12-11(8-9)16-14(18)17(12)7-6-10-3-5-13(15)19-10/h2-5,8H,6-7H2,1H3,(H,16,18). The molecule has 2 nitrogen and oxygen atoms in total. The third-order valence-electron chi connectivity index (χ3n) is 3.14. The summed E-state index contributed by atoms with van der Waals surface area (Å²) in [6, 6.07) is 10.7. The Morgan fingerprint density at radius 2 is 2.16 bits per heavy atom. The fourth-order valence-corrected chi connectivity index (χ4v) is 3.98. The van der Waals surface area contributed by atoms with Gasteiger partial charge in [-0.15, -0.1) is 11.3 Å². The summed E-state index contributed by atoms with van der Waals surface area (Å²) < 4.78 is 4.16. The molecule has 0 radical (unpaired) electrons. The van der Waals surface area contributed by atoms with Crippen LogP contribution in [0.25, 0.3) is 11.0 Å². The monoisotopic (exact) mass is 352 g/mol. The van der Waals surface area contributed by atoms with Crippen molar-refractivity contribution in [2.75, 3.05) is 0 Å². The van der Waals surface area contributed by atoms with Gasteiger partial charge in [0.15, 0.2) is 4.77 Å². The van der Waals surface area contributed by atoms with E-state index in [0.29, 0.717) is 0 Å². The number of halogens is 1. The molecule has 3 rings (SSSR count). The average Bonchev–Trinajstić information content (AvgIpc) is 2.89. The number of thiophene rings is 1. The van der Waals surface area contributed by atoms with Crippen LogP contribution in [0.5, 0.6) is 0 Å². The lowest BCUT2D eigenvalue weighted by molar-refractivity contribution is 0.712. The van der Waals surface area contributed by atoms with Gasteiger partial charge in [-0.2, -0.15) is 0 Å². The topological polar surface area (TPSA) is 20.7 Å². The van der Waals surface area contributed by atoms with Crippen LogP contribution in [0.3, 0.4) is 0 Å². The van der Waals surface area contributed by atoms with E-state index in [-0.39, 0.29) is 0 Å². The first-order valence-corrected chi connectivity index (χ1v) is 8.08. The van der Waals surface area contributed by atoms with Gasteiger partial charge in [0.2, 0.25) is 0 Å². The SMILES string of the molecule is Cc1ccc2c(c1)[nH]c(=S)n2CCc1ccc(Br)s1. The van der Waals surface area contributed by atoms with Crippen molar-refractivity contribution in [2.45, 2.75) is 19.9 Å². The number of fused-ring (bicyclic) bond motifs is 1. The molecule has 0 spiro atoms. The maximum absolute atomic E-state index is 5.42. The first-order chi connectivity index (χ1) is 9.13. The summed E-state index contributed by atoms with van der Waals surface area (Å²) in [4.78, 5) is 4.65. The number of benzene rings is 1. The summed E-state index contributed by atoms with van der Waals surface area (Å²) in [5, 5.41) is 0. The predicted molar refractivity (Wildman–Crippen MR) is 87.6 cm³/mol. The van der Waals surface area contributed by atoms with E-state index in [1.165, 1.54) is 19.7 Å². The van der Waals surface area contributed by atoms with Gasteiger partial charge in [0.25, 0.3) is 0 Å². The van der Waals surface area contributed by atoms with Crippen LogP contribution < -0.4 is 0 Å². The number of nitrogens with zero attached hydrogens (tertiary/aromatic N) is 1. The molecule has 0 amide bonds. The lowest BCUT2D eigenvalue weighted by atomic mass is 10.2. The Morgan fingerprint density at radius 3 is 2.89 bits per heavy atom. The minimum Gasteiger partial charge on any atom is -0.331 e. The van der Waals surface area contributed by atoms with Crippen molar-refractivity contribution in [1.29, 1.82) is 0 Å². The summed E-state index contributed by atoms with van der Waals surface area (Å²) in [5.41, 5.74) is 3.56. The summed E-state index contributed by atoms with van der Waals surface area (Å²) in [6.07, 6.45) is 1.01. The molecule has 2 heterocycles. The number of aromatic nitrogens is 2. The Labute approximate surface area is 129 Å². The average molecular weight is 353 g/mol. The van der Waals surface area contributed by atoms with Gasteiger partial charge in [-0.25, -0.2) is 0 Å². The van der Waals surface area contributed by atoms with Crippen LogP contribution in [0.1, 0.15) is 10.4 Å². The Bertz CT molecular complexity index is 782. The van der Waals surface area contributed by atoms with Crippen molar-refractivity contribution in [3.05, 3.63) is 49.3 Å². The molecule has 0 saturated carbocycles. The summed E-state index contributed by atoms with van der Waals surface area (Å²) in [5.74, 6) is 0. The van der Waals surface area contributed by atoms with Crippen molar-refractivity contribution in [3.8, 4) is 0 Å². The third kappa shape index (κ3) is 2.68. The zero-order chi connectivity index (χ0) is 13.4. The van der Waals surface area contributed by atoms with Crippen LogP contribution in [0.15, 0.2) is 34.1 Å². The molecule has 0 saturated heterocycles. The van der Waals surface area contributed by atoms with Crippen LogP contribution in [-0.2, 0) is 13.0 Å². The lowest BCUT2D eigenvalue weighted by Gasteiger charge is -2.03. The van der Waals surface area contributed by atoms with Crippen LogP contribution in [-0.4, -0.2) is 9.55 Å². The predicted octanol–water partition coefficient (Wildman–Crippen LogP) is 5.07. The van der Waals surface area contributed by atoms with E-state index < -0.39 is 0 Å². The van der Waals surface area contributed by atoms with Gasteiger partial charge in [0, 0.05) is 11.4 Å². The van der Waals surface area contributed by atoms with E-state index in [1.807, 2.05) is 0 Å². The van der Waals surface area contributed by atoms with Crippen LogP contribution >= 0.6 is 39.5 Å². The summed E-state index contributed by atoms with van der Waals surface area (Å²) in [6.45, 7) is 3.01. The number of aromatic amines is 1. The fraction of sp³-hybridized carbons (Fsp3) is 0.214. The molecule has 0 fully saturated rings. The maximum Gasteiger partial charge on any atom is 0.178 e. The quantitative estimate of drug-likeness (QED) is 0.652. The second-order valence-electron chi connectivity index (χ2n) is 4.56. The second-order valence-corrected chi connectivity index (χ2v) is 7.49. The molecule has 2 aromatic heterocycles. The molecule has 1 aromatic carbocycles. The van der Waals surface area contributed by atoms with E-state index in [1.54, 1.807) is 11.3 Å². The van der Waals surface area contributed by atoms with Gasteiger partial charge in [-0.3, -0.25) is 0 Å². The van der Waals surface area contributed by atoms with Crippen molar-refractivity contribution in [3.63, 3.8) is 0 Å². The number of rotatable bonds is 3. The molecule has 98 valence electrons. The van der Waals surface area contributed by atoms with Crippen LogP contribution in [0.4, 0.5) is 0 Å². The highest BCUT2D eigenvalue weighted by Crippen LogP contribution is 2.23. The van der Waals surface area contributed by atoms with Gasteiger partial charge < -0.3 is 9.55 Å². The van der Waals surface area contributed by atoms with E-state index in [9.17, 15) is 0 Å². The Morgan fingerprint density at radius 1 is 1.32 bits per heavy atom. The number of aryl methyl sites for hydroxylation is 3. The van der Waals surface area contributed by atoms with Crippen molar-refractivity contribution < 1.29 is 0 Å². The zero-order valence-electron chi connectivity index (χ0n) is 10.4. The Hall–Kier alpha value is -0.910. The Kier molecular flexibility index (Phi) is 3.60. The smallest absolute Gasteiger partial charge is 0.178 e. The van der Waals surface area contributed by atoms with Crippen molar-refractivity contribution >= 4 is 50.5 Å². The molecular formula is C14H13BrN2S2. The molecule has 19 heavy (non-hydrogen) atoms. The summed E-state index contributed by atoms with van der Waals surface area (Å²) >= 11 is 10.7. The summed E-state index contributed by atoms with van der Waals surface area (Å²) in [7, 11) is 0. The minimum atomic E-state index is 0.802. The second kappa shape index (κ2) is 5.23. The fourth-order valence-electron chi connectivity index (χ4n) is 2.21. The van der Waals surface area contributed by atoms with Gasteiger partial charge in [0.05, 0.1) is 14.8 Å². The van der Waals surface area contributed by atoms with Crippen LogP contribution in [0.2, 0.25) is 0 Å². The largest absolute Gasteiger partial charge is 0.331 e. The van der Waals surface area contributed by atoms with E-state index >= 15 is 0 Å². The van der Waals surface area contributed by atoms with Gasteiger partial charge in [-0.1, -0.05) is 6.07 Å². The number of hydrogen-bond donors (Lipinski definition) is 1. The van der Waals surface area contributed by atoms with E-state index in [0.717, 1.165) is 23.3 Å². The maximum atomic E-state index is 5.42. The Balaban J connectivity index is 1.92. The normalized spacial score (nSPS) is 11.3. The van der Waals surface area contributed by atoms with Crippen molar-refractivity contribution in [2.24, 2.45) is 0 Å². The first kappa shape index (κ1) is 13.1. The molecule has 0 atom stereocenters. The molecule has 0 aliphatic carbocycles. The number of hydrogen-bond acceptors (Lipinski definition) is 2. The van der Waals surface area contributed by atoms with E-state index in [2.05, 4.69) is 62.7 Å². The molecule has 0 aliphatic rings. The minimum absolute atomic E-state index is 0.802. The van der Waals surface area contributed by atoms with Gasteiger partial charge >= 0.3 is 0 Å². The highest BCUT2D eigenvalue weighted by atomic mass is 79.9. The van der Waals surface area contributed by atoms with Gasteiger partial charge in [-0.05, 0) is 71.3 Å².